The number of amides is 2. The van der Waals surface area contributed by atoms with Gasteiger partial charge in [0.15, 0.2) is 0 Å². The predicted molar refractivity (Wildman–Crippen MR) is 49.4 cm³/mol. The van der Waals surface area contributed by atoms with Gasteiger partial charge in [-0.1, -0.05) is 6.92 Å². The van der Waals surface area contributed by atoms with Gasteiger partial charge in [0.1, 0.15) is 18.8 Å². The molecule has 1 aliphatic heterocycles. The first-order valence-electron chi connectivity index (χ1n) is 4.78. The molecule has 0 saturated carbocycles. The van der Waals surface area contributed by atoms with Crippen molar-refractivity contribution in [3.63, 3.8) is 0 Å². The van der Waals surface area contributed by atoms with Crippen LogP contribution in [0.4, 0.5) is 4.39 Å². The van der Waals surface area contributed by atoms with Crippen molar-refractivity contribution in [2.24, 2.45) is 0 Å². The second-order valence-electron chi connectivity index (χ2n) is 3.37. The summed E-state index contributed by atoms with van der Waals surface area (Å²) in [6, 6.07) is -1.04. The highest BCUT2D eigenvalue weighted by molar-refractivity contribution is 5.96. The molecule has 0 radical (unpaired) electrons. The monoisotopic (exact) mass is 202 g/mol. The number of hydrogen-bond acceptors (Lipinski definition) is 2. The van der Waals surface area contributed by atoms with Crippen LogP contribution in [0.25, 0.3) is 0 Å². The summed E-state index contributed by atoms with van der Waals surface area (Å²) in [6.45, 7) is 2.81. The van der Waals surface area contributed by atoms with Crippen LogP contribution < -0.4 is 5.32 Å². The number of carbonyl (C=O) groups excluding carboxylic acids is 2. The van der Waals surface area contributed by atoms with Crippen LogP contribution in [0.2, 0.25) is 0 Å². The summed E-state index contributed by atoms with van der Waals surface area (Å²) in [6.07, 6.45) is 0.518. The highest BCUT2D eigenvalue weighted by Gasteiger charge is 2.36. The Labute approximate surface area is 82.5 Å². The summed E-state index contributed by atoms with van der Waals surface area (Å²) < 4.78 is 12.2. The molecule has 1 N–H and O–H groups in total. The quantitative estimate of drug-likeness (QED) is 0.704. The molecule has 2 unspecified atom stereocenters. The van der Waals surface area contributed by atoms with Crippen molar-refractivity contribution < 1.29 is 14.0 Å². The van der Waals surface area contributed by atoms with E-state index in [-0.39, 0.29) is 18.4 Å². The lowest BCUT2D eigenvalue weighted by Crippen LogP contribution is -2.62. The fourth-order valence-electron chi connectivity index (χ4n) is 1.68. The lowest BCUT2D eigenvalue weighted by atomic mass is 10.1. The van der Waals surface area contributed by atoms with E-state index in [0.29, 0.717) is 6.42 Å². The van der Waals surface area contributed by atoms with Crippen LogP contribution in [0.5, 0.6) is 0 Å². The van der Waals surface area contributed by atoms with Gasteiger partial charge in [0.2, 0.25) is 11.8 Å². The zero-order valence-electron chi connectivity index (χ0n) is 8.42. The molecule has 1 aliphatic rings. The Bertz CT molecular complexity index is 245. The second-order valence-corrected chi connectivity index (χ2v) is 3.37. The molecule has 80 valence electrons. The Hall–Kier alpha value is -1.13. The first-order chi connectivity index (χ1) is 6.61. The number of nitrogens with one attached hydrogen (secondary N) is 1. The molecule has 0 aliphatic carbocycles. The van der Waals surface area contributed by atoms with Gasteiger partial charge >= 0.3 is 0 Å². The van der Waals surface area contributed by atoms with Crippen LogP contribution in [0.3, 0.4) is 0 Å². The van der Waals surface area contributed by atoms with Crippen molar-refractivity contribution in [1.82, 2.24) is 10.2 Å². The molecular weight excluding hydrogens is 187 g/mol. The van der Waals surface area contributed by atoms with Crippen LogP contribution in [-0.4, -0.2) is 42.0 Å². The van der Waals surface area contributed by atoms with Gasteiger partial charge in [0.25, 0.3) is 0 Å². The summed E-state index contributed by atoms with van der Waals surface area (Å²) in [4.78, 5) is 24.3. The molecular formula is C9H15FN2O2. The van der Waals surface area contributed by atoms with Gasteiger partial charge < -0.3 is 10.2 Å². The number of piperazine rings is 1. The second kappa shape index (κ2) is 4.39. The number of hydrogen-bond donors (Lipinski definition) is 1. The minimum Gasteiger partial charge on any atom is -0.343 e. The van der Waals surface area contributed by atoms with Crippen LogP contribution in [0.15, 0.2) is 0 Å². The van der Waals surface area contributed by atoms with Crippen molar-refractivity contribution in [2.45, 2.75) is 32.4 Å². The molecule has 0 aromatic carbocycles. The maximum Gasteiger partial charge on any atom is 0.245 e. The molecule has 1 heterocycles. The summed E-state index contributed by atoms with van der Waals surface area (Å²) in [5.74, 6) is -0.387. The Morgan fingerprint density at radius 1 is 1.50 bits per heavy atom. The van der Waals surface area contributed by atoms with Gasteiger partial charge in [0.05, 0.1) is 0 Å². The largest absolute Gasteiger partial charge is 0.343 e. The van der Waals surface area contributed by atoms with Crippen LogP contribution >= 0.6 is 0 Å². The summed E-state index contributed by atoms with van der Waals surface area (Å²) in [5.41, 5.74) is 0. The molecule has 0 bridgehead atoms. The van der Waals surface area contributed by atoms with Crippen molar-refractivity contribution in [1.29, 1.82) is 0 Å². The Kier molecular flexibility index (Phi) is 3.43. The molecule has 14 heavy (non-hydrogen) atoms. The summed E-state index contributed by atoms with van der Waals surface area (Å²) >= 11 is 0. The average Bonchev–Trinajstić information content (AvgIpc) is 2.14. The van der Waals surface area contributed by atoms with Crippen LogP contribution in [0, 0.1) is 0 Å². The van der Waals surface area contributed by atoms with Gasteiger partial charge in [-0.3, -0.25) is 9.59 Å². The topological polar surface area (TPSA) is 49.4 Å². The molecule has 4 nitrogen and oxygen atoms in total. The van der Waals surface area contributed by atoms with E-state index in [1.54, 1.807) is 13.8 Å². The molecule has 1 rings (SSSR count). The molecule has 0 aromatic rings. The normalized spacial score (nSPS) is 27.8. The Morgan fingerprint density at radius 2 is 2.14 bits per heavy atom. The molecule has 1 saturated heterocycles. The van der Waals surface area contributed by atoms with E-state index in [1.165, 1.54) is 4.90 Å². The number of nitrogens with zero attached hydrogens (tertiary/aromatic N) is 1. The highest BCUT2D eigenvalue weighted by atomic mass is 19.1. The van der Waals surface area contributed by atoms with E-state index in [2.05, 4.69) is 5.32 Å². The minimum atomic E-state index is -0.609. The fraction of sp³-hybridized carbons (Fsp3) is 0.778. The van der Waals surface area contributed by atoms with E-state index >= 15 is 0 Å². The lowest BCUT2D eigenvalue weighted by Gasteiger charge is -2.36. The van der Waals surface area contributed by atoms with Crippen molar-refractivity contribution in [3.05, 3.63) is 0 Å². The predicted octanol–water partition coefficient (Wildman–Crippen LogP) is 0.0814. The van der Waals surface area contributed by atoms with Crippen LogP contribution in [-0.2, 0) is 9.59 Å². The highest BCUT2D eigenvalue weighted by Crippen LogP contribution is 2.12. The number of halogens is 1. The van der Waals surface area contributed by atoms with E-state index in [0.717, 1.165) is 0 Å². The molecule has 0 spiro atoms. The zero-order chi connectivity index (χ0) is 10.7. The Balaban J connectivity index is 2.81. The van der Waals surface area contributed by atoms with Crippen molar-refractivity contribution >= 4 is 11.8 Å². The van der Waals surface area contributed by atoms with Crippen LogP contribution in [0.1, 0.15) is 20.3 Å². The fourth-order valence-corrected chi connectivity index (χ4v) is 1.68. The van der Waals surface area contributed by atoms with E-state index in [1.807, 2.05) is 0 Å². The molecule has 2 amide bonds. The third-order valence-electron chi connectivity index (χ3n) is 2.40. The SMILES string of the molecule is CCC1C(=O)NC(C)C(=O)N1CCF. The smallest absolute Gasteiger partial charge is 0.245 e. The maximum absolute atomic E-state index is 12.2. The first kappa shape index (κ1) is 10.9. The summed E-state index contributed by atoms with van der Waals surface area (Å²) in [7, 11) is 0. The minimum absolute atomic E-state index is 0.00903. The van der Waals surface area contributed by atoms with E-state index in [4.69, 9.17) is 0 Å². The van der Waals surface area contributed by atoms with Crippen molar-refractivity contribution in [3.8, 4) is 0 Å². The third kappa shape index (κ3) is 1.86. The molecule has 0 aromatic heterocycles. The van der Waals surface area contributed by atoms with Gasteiger partial charge in [-0.2, -0.15) is 0 Å². The Morgan fingerprint density at radius 3 is 2.64 bits per heavy atom. The van der Waals surface area contributed by atoms with Gasteiger partial charge in [-0.15, -0.1) is 0 Å². The zero-order valence-corrected chi connectivity index (χ0v) is 8.42. The van der Waals surface area contributed by atoms with Gasteiger partial charge in [0, 0.05) is 6.54 Å². The van der Waals surface area contributed by atoms with Gasteiger partial charge in [-0.05, 0) is 13.3 Å². The average molecular weight is 202 g/mol. The molecule has 1 fully saturated rings. The number of alkyl halides is 1. The lowest BCUT2D eigenvalue weighted by molar-refractivity contribution is -0.149. The maximum atomic E-state index is 12.2. The first-order valence-corrected chi connectivity index (χ1v) is 4.78. The van der Waals surface area contributed by atoms with Gasteiger partial charge in [-0.25, -0.2) is 4.39 Å². The van der Waals surface area contributed by atoms with E-state index < -0.39 is 18.8 Å². The summed E-state index contributed by atoms with van der Waals surface area (Å²) in [5, 5.41) is 2.57. The number of carbonyl (C=O) groups is 2. The molecule has 5 heteroatoms. The third-order valence-corrected chi connectivity index (χ3v) is 2.40. The van der Waals surface area contributed by atoms with E-state index in [9.17, 15) is 14.0 Å². The standard InChI is InChI=1S/C9H15FN2O2/c1-3-7-8(13)11-6(2)9(14)12(7)5-4-10/h6-7H,3-5H2,1-2H3,(H,11,13). The van der Waals surface area contributed by atoms with Crippen molar-refractivity contribution in [2.75, 3.05) is 13.2 Å². The molecule has 2 atom stereocenters. The number of rotatable bonds is 3.